The van der Waals surface area contributed by atoms with E-state index < -0.39 is 11.7 Å². The fourth-order valence-electron chi connectivity index (χ4n) is 1.86. The number of nitrogens with zero attached hydrogens (tertiary/aromatic N) is 3. The van der Waals surface area contributed by atoms with Crippen LogP contribution >= 0.6 is 0 Å². The third-order valence-electron chi connectivity index (χ3n) is 3.15. The summed E-state index contributed by atoms with van der Waals surface area (Å²) < 4.78 is 39.1. The van der Waals surface area contributed by atoms with Gasteiger partial charge in [-0.05, 0) is 25.0 Å². The Morgan fingerprint density at radius 1 is 1.25 bits per heavy atom. The van der Waals surface area contributed by atoms with E-state index in [1.807, 2.05) is 10.9 Å². The maximum atomic E-state index is 12.4. The zero-order valence-electron chi connectivity index (χ0n) is 10.6. The lowest BCUT2D eigenvalue weighted by atomic mass is 10.2. The van der Waals surface area contributed by atoms with Crippen LogP contribution in [0.3, 0.4) is 0 Å². The first-order chi connectivity index (χ1) is 9.52. The standard InChI is InChI=1S/C13H13F3N4/c14-13(15,16)9-1-2-10(17-5-9)6-18-11-7-19-20(8-11)12-3-4-12/h1-2,5,7-8,12,18H,3-4,6H2. The molecule has 3 rings (SSSR count). The van der Waals surface area contributed by atoms with E-state index in [0.29, 0.717) is 18.3 Å². The average Bonchev–Trinajstić information content (AvgIpc) is 3.15. The molecule has 1 fully saturated rings. The summed E-state index contributed by atoms with van der Waals surface area (Å²) in [6, 6.07) is 2.92. The van der Waals surface area contributed by atoms with Gasteiger partial charge in [-0.25, -0.2) is 0 Å². The van der Waals surface area contributed by atoms with E-state index in [4.69, 9.17) is 0 Å². The molecule has 1 aliphatic rings. The van der Waals surface area contributed by atoms with E-state index in [0.717, 1.165) is 30.8 Å². The van der Waals surface area contributed by atoms with Crippen molar-refractivity contribution < 1.29 is 13.2 Å². The Hall–Kier alpha value is -2.05. The van der Waals surface area contributed by atoms with Gasteiger partial charge in [0, 0.05) is 12.4 Å². The third kappa shape index (κ3) is 2.92. The molecule has 1 saturated carbocycles. The molecular formula is C13H13F3N4. The van der Waals surface area contributed by atoms with Crippen molar-refractivity contribution in [2.45, 2.75) is 31.6 Å². The Kier molecular flexibility index (Phi) is 3.11. The summed E-state index contributed by atoms with van der Waals surface area (Å²) in [6.07, 6.45) is 2.43. The molecule has 20 heavy (non-hydrogen) atoms. The zero-order valence-corrected chi connectivity index (χ0v) is 10.6. The minimum Gasteiger partial charge on any atom is -0.377 e. The molecule has 2 aromatic rings. The first-order valence-corrected chi connectivity index (χ1v) is 6.32. The number of nitrogens with one attached hydrogen (secondary N) is 1. The lowest BCUT2D eigenvalue weighted by Crippen LogP contribution is -2.07. The van der Waals surface area contributed by atoms with Gasteiger partial charge >= 0.3 is 6.18 Å². The van der Waals surface area contributed by atoms with Gasteiger partial charge in [-0.1, -0.05) is 0 Å². The Morgan fingerprint density at radius 3 is 2.65 bits per heavy atom. The van der Waals surface area contributed by atoms with Gasteiger partial charge in [0.15, 0.2) is 0 Å². The average molecular weight is 282 g/mol. The number of pyridine rings is 1. The topological polar surface area (TPSA) is 42.7 Å². The highest BCUT2D eigenvalue weighted by molar-refractivity contribution is 5.39. The van der Waals surface area contributed by atoms with Gasteiger partial charge in [-0.2, -0.15) is 18.3 Å². The highest BCUT2D eigenvalue weighted by Gasteiger charge is 2.30. The van der Waals surface area contributed by atoms with E-state index in [9.17, 15) is 13.2 Å². The molecule has 0 atom stereocenters. The largest absolute Gasteiger partial charge is 0.417 e. The number of aromatic nitrogens is 3. The van der Waals surface area contributed by atoms with Crippen molar-refractivity contribution in [3.63, 3.8) is 0 Å². The fraction of sp³-hybridized carbons (Fsp3) is 0.385. The molecule has 4 nitrogen and oxygen atoms in total. The Bertz CT molecular complexity index is 584. The van der Waals surface area contributed by atoms with Gasteiger partial charge in [0.05, 0.1) is 35.7 Å². The molecule has 1 aliphatic carbocycles. The van der Waals surface area contributed by atoms with Crippen LogP contribution in [0.4, 0.5) is 18.9 Å². The zero-order chi connectivity index (χ0) is 14.2. The van der Waals surface area contributed by atoms with Crippen LogP contribution in [0, 0.1) is 0 Å². The first-order valence-electron chi connectivity index (χ1n) is 6.32. The van der Waals surface area contributed by atoms with Crippen molar-refractivity contribution in [3.8, 4) is 0 Å². The highest BCUT2D eigenvalue weighted by Crippen LogP contribution is 2.34. The fourth-order valence-corrected chi connectivity index (χ4v) is 1.86. The lowest BCUT2D eigenvalue weighted by Gasteiger charge is -2.07. The van der Waals surface area contributed by atoms with Crippen LogP contribution in [0.15, 0.2) is 30.7 Å². The van der Waals surface area contributed by atoms with Crippen LogP contribution in [0.1, 0.15) is 30.1 Å². The highest BCUT2D eigenvalue weighted by atomic mass is 19.4. The predicted octanol–water partition coefficient (Wildman–Crippen LogP) is 3.24. The van der Waals surface area contributed by atoms with Gasteiger partial charge in [-0.15, -0.1) is 0 Å². The van der Waals surface area contributed by atoms with E-state index in [-0.39, 0.29) is 0 Å². The van der Waals surface area contributed by atoms with Crippen molar-refractivity contribution >= 4 is 5.69 Å². The molecule has 0 amide bonds. The minimum atomic E-state index is -4.34. The molecule has 0 unspecified atom stereocenters. The molecule has 0 radical (unpaired) electrons. The van der Waals surface area contributed by atoms with Crippen molar-refractivity contribution in [1.82, 2.24) is 14.8 Å². The SMILES string of the molecule is FC(F)(F)c1ccc(CNc2cnn(C3CC3)c2)nc1. The Balaban J connectivity index is 1.59. The number of alkyl halides is 3. The number of halogens is 3. The quantitative estimate of drug-likeness (QED) is 0.936. The van der Waals surface area contributed by atoms with Gasteiger partial charge in [0.1, 0.15) is 0 Å². The Morgan fingerprint density at radius 2 is 2.05 bits per heavy atom. The Labute approximate surface area is 113 Å². The normalized spacial score (nSPS) is 15.3. The van der Waals surface area contributed by atoms with Gasteiger partial charge in [-0.3, -0.25) is 9.67 Å². The molecule has 0 spiro atoms. The monoisotopic (exact) mass is 282 g/mol. The van der Waals surface area contributed by atoms with E-state index in [1.54, 1.807) is 6.20 Å². The predicted molar refractivity (Wildman–Crippen MR) is 67.1 cm³/mol. The second-order valence-corrected chi connectivity index (χ2v) is 4.83. The van der Waals surface area contributed by atoms with E-state index >= 15 is 0 Å². The van der Waals surface area contributed by atoms with Gasteiger partial charge in [0.25, 0.3) is 0 Å². The van der Waals surface area contributed by atoms with Gasteiger partial charge < -0.3 is 5.32 Å². The summed E-state index contributed by atoms with van der Waals surface area (Å²) in [5, 5.41) is 7.32. The molecular weight excluding hydrogens is 269 g/mol. The van der Waals surface area contributed by atoms with Crippen LogP contribution in [0.2, 0.25) is 0 Å². The molecule has 2 heterocycles. The summed E-state index contributed by atoms with van der Waals surface area (Å²) >= 11 is 0. The smallest absolute Gasteiger partial charge is 0.377 e. The second kappa shape index (κ2) is 4.81. The van der Waals surface area contributed by atoms with Crippen LogP contribution in [-0.2, 0) is 12.7 Å². The minimum absolute atomic E-state index is 0.370. The van der Waals surface area contributed by atoms with Crippen LogP contribution in [0.5, 0.6) is 0 Å². The molecule has 2 aromatic heterocycles. The van der Waals surface area contributed by atoms with E-state index in [2.05, 4.69) is 15.4 Å². The molecule has 0 aromatic carbocycles. The molecule has 7 heteroatoms. The molecule has 0 saturated heterocycles. The third-order valence-corrected chi connectivity index (χ3v) is 3.15. The molecule has 106 valence electrons. The lowest BCUT2D eigenvalue weighted by molar-refractivity contribution is -0.137. The van der Waals surface area contributed by atoms with Crippen LogP contribution in [-0.4, -0.2) is 14.8 Å². The second-order valence-electron chi connectivity index (χ2n) is 4.83. The van der Waals surface area contributed by atoms with Crippen molar-refractivity contribution in [2.24, 2.45) is 0 Å². The van der Waals surface area contributed by atoms with Crippen LogP contribution < -0.4 is 5.32 Å². The van der Waals surface area contributed by atoms with Crippen molar-refractivity contribution in [2.75, 3.05) is 5.32 Å². The van der Waals surface area contributed by atoms with Crippen LogP contribution in [0.25, 0.3) is 0 Å². The number of hydrogen-bond donors (Lipinski definition) is 1. The summed E-state index contributed by atoms with van der Waals surface area (Å²) in [6.45, 7) is 0.370. The van der Waals surface area contributed by atoms with Crippen molar-refractivity contribution in [1.29, 1.82) is 0 Å². The van der Waals surface area contributed by atoms with E-state index in [1.165, 1.54) is 6.07 Å². The molecule has 1 N–H and O–H groups in total. The summed E-state index contributed by atoms with van der Waals surface area (Å²) in [5.74, 6) is 0. The maximum absolute atomic E-state index is 12.4. The number of anilines is 1. The number of rotatable bonds is 4. The maximum Gasteiger partial charge on any atom is 0.417 e. The molecule has 0 aliphatic heterocycles. The summed E-state index contributed by atoms with van der Waals surface area (Å²) in [4.78, 5) is 3.80. The molecule has 0 bridgehead atoms. The first kappa shape index (κ1) is 13.0. The van der Waals surface area contributed by atoms with Gasteiger partial charge in [0.2, 0.25) is 0 Å². The van der Waals surface area contributed by atoms with Crippen molar-refractivity contribution in [3.05, 3.63) is 42.0 Å². The summed E-state index contributed by atoms with van der Waals surface area (Å²) in [7, 11) is 0. The summed E-state index contributed by atoms with van der Waals surface area (Å²) in [5.41, 5.74) is 0.665. The number of hydrogen-bond acceptors (Lipinski definition) is 3.